The molecule has 0 aliphatic carbocycles. The Kier molecular flexibility index (Phi) is 5.04. The highest BCUT2D eigenvalue weighted by molar-refractivity contribution is 8.14. The van der Waals surface area contributed by atoms with Crippen molar-refractivity contribution in [3.8, 4) is 0 Å². The van der Waals surface area contributed by atoms with Gasteiger partial charge in [-0.2, -0.15) is 0 Å². The van der Waals surface area contributed by atoms with Gasteiger partial charge in [-0.05, 0) is 0 Å². The molecule has 0 spiro atoms. The summed E-state index contributed by atoms with van der Waals surface area (Å²) in [7, 11) is 3.08. The van der Waals surface area contributed by atoms with Gasteiger partial charge in [0, 0.05) is 26.5 Å². The van der Waals surface area contributed by atoms with Crippen LogP contribution in [0.15, 0.2) is 0 Å². The number of thioether (sulfide) groups is 1. The first-order chi connectivity index (χ1) is 7.54. The van der Waals surface area contributed by atoms with Gasteiger partial charge in [0.25, 0.3) is 5.24 Å². The van der Waals surface area contributed by atoms with E-state index in [9.17, 15) is 14.7 Å². The summed E-state index contributed by atoms with van der Waals surface area (Å²) in [4.78, 5) is 24.1. The Morgan fingerprint density at radius 1 is 1.81 bits per heavy atom. The van der Waals surface area contributed by atoms with Gasteiger partial charge >= 0.3 is 0 Å². The quantitative estimate of drug-likeness (QED) is 0.671. The maximum absolute atomic E-state index is 11.8. The van der Waals surface area contributed by atoms with Crippen molar-refractivity contribution in [1.82, 2.24) is 10.2 Å². The number of hydrogen-bond donors (Lipinski definition) is 2. The minimum atomic E-state index is -0.705. The van der Waals surface area contributed by atoms with Crippen LogP contribution < -0.4 is 5.32 Å². The number of amides is 2. The third-order valence-corrected chi connectivity index (χ3v) is 3.07. The van der Waals surface area contributed by atoms with Crippen LogP contribution in [0.5, 0.6) is 0 Å². The molecule has 1 aliphatic rings. The van der Waals surface area contributed by atoms with Gasteiger partial charge in [-0.3, -0.25) is 9.59 Å². The summed E-state index contributed by atoms with van der Waals surface area (Å²) in [5.74, 6) is 0.260. The van der Waals surface area contributed by atoms with E-state index in [1.807, 2.05) is 0 Å². The topological polar surface area (TPSA) is 78.9 Å². The SMILES string of the molecule is COCC(O)CN(C)C(=O)C1CSC(=O)N1. The van der Waals surface area contributed by atoms with E-state index >= 15 is 0 Å². The van der Waals surface area contributed by atoms with Crippen molar-refractivity contribution in [2.24, 2.45) is 0 Å². The van der Waals surface area contributed by atoms with E-state index in [-0.39, 0.29) is 24.3 Å². The van der Waals surface area contributed by atoms with Crippen LogP contribution in [-0.4, -0.2) is 66.4 Å². The molecule has 0 bridgehead atoms. The summed E-state index contributed by atoms with van der Waals surface area (Å²) in [6, 6.07) is -0.475. The van der Waals surface area contributed by atoms with Gasteiger partial charge in [-0.25, -0.2) is 0 Å². The molecule has 92 valence electrons. The number of rotatable bonds is 5. The van der Waals surface area contributed by atoms with Crippen LogP contribution in [0.3, 0.4) is 0 Å². The average Bonchev–Trinajstić information content (AvgIpc) is 2.64. The maximum atomic E-state index is 11.8. The van der Waals surface area contributed by atoms with E-state index in [0.29, 0.717) is 5.75 Å². The number of nitrogens with zero attached hydrogens (tertiary/aromatic N) is 1. The summed E-state index contributed by atoms with van der Waals surface area (Å²) in [5, 5.41) is 11.8. The van der Waals surface area contributed by atoms with Crippen LogP contribution in [0.2, 0.25) is 0 Å². The molecule has 2 N–H and O–H groups in total. The highest BCUT2D eigenvalue weighted by atomic mass is 32.2. The fourth-order valence-electron chi connectivity index (χ4n) is 1.43. The van der Waals surface area contributed by atoms with Gasteiger partial charge in [0.2, 0.25) is 5.91 Å². The minimum absolute atomic E-state index is 0.177. The van der Waals surface area contributed by atoms with Crippen molar-refractivity contribution in [1.29, 1.82) is 0 Å². The molecule has 2 unspecified atom stereocenters. The Morgan fingerprint density at radius 3 is 3.00 bits per heavy atom. The number of aliphatic hydroxyl groups excluding tert-OH is 1. The van der Waals surface area contributed by atoms with Crippen LogP contribution in [0.1, 0.15) is 0 Å². The first kappa shape index (κ1) is 13.3. The van der Waals surface area contributed by atoms with Gasteiger partial charge in [0.15, 0.2) is 0 Å². The molecule has 0 saturated carbocycles. The van der Waals surface area contributed by atoms with Crippen molar-refractivity contribution in [2.45, 2.75) is 12.1 Å². The number of carbonyl (C=O) groups excluding carboxylic acids is 2. The van der Waals surface area contributed by atoms with Crippen molar-refractivity contribution in [3.63, 3.8) is 0 Å². The van der Waals surface area contributed by atoms with Crippen molar-refractivity contribution < 1.29 is 19.4 Å². The zero-order valence-electron chi connectivity index (χ0n) is 9.30. The molecule has 2 atom stereocenters. The summed E-state index contributed by atoms with van der Waals surface area (Å²) in [5.41, 5.74) is 0. The van der Waals surface area contributed by atoms with Gasteiger partial charge in [0.1, 0.15) is 6.04 Å². The summed E-state index contributed by atoms with van der Waals surface area (Å²) in [6.45, 7) is 0.382. The number of carbonyl (C=O) groups is 2. The minimum Gasteiger partial charge on any atom is -0.389 e. The van der Waals surface area contributed by atoms with Crippen LogP contribution in [0.25, 0.3) is 0 Å². The number of hydrogen-bond acceptors (Lipinski definition) is 5. The lowest BCUT2D eigenvalue weighted by atomic mass is 10.2. The molecule has 0 aromatic rings. The Balaban J connectivity index is 2.38. The van der Waals surface area contributed by atoms with E-state index in [2.05, 4.69) is 5.32 Å². The summed E-state index contributed by atoms with van der Waals surface area (Å²) < 4.78 is 4.76. The van der Waals surface area contributed by atoms with E-state index in [4.69, 9.17) is 4.74 Å². The van der Waals surface area contributed by atoms with E-state index in [1.54, 1.807) is 7.05 Å². The fraction of sp³-hybridized carbons (Fsp3) is 0.778. The maximum Gasteiger partial charge on any atom is 0.279 e. The third-order valence-electron chi connectivity index (χ3n) is 2.19. The van der Waals surface area contributed by atoms with Gasteiger partial charge in [-0.15, -0.1) is 0 Å². The molecule has 1 rings (SSSR count). The third kappa shape index (κ3) is 3.66. The number of ether oxygens (including phenoxy) is 1. The molecular weight excluding hydrogens is 232 g/mol. The van der Waals surface area contributed by atoms with E-state index in [1.165, 1.54) is 12.0 Å². The number of aliphatic hydroxyl groups is 1. The molecular formula is C9H16N2O4S. The zero-order chi connectivity index (χ0) is 12.1. The molecule has 16 heavy (non-hydrogen) atoms. The largest absolute Gasteiger partial charge is 0.389 e. The standard InChI is InChI=1S/C9H16N2O4S/c1-11(3-6(12)4-15-2)8(13)7-5-16-9(14)10-7/h6-7,12H,3-5H2,1-2H3,(H,10,14). The van der Waals surface area contributed by atoms with Crippen LogP contribution in [-0.2, 0) is 9.53 Å². The van der Waals surface area contributed by atoms with Crippen molar-refractivity contribution >= 4 is 22.9 Å². The van der Waals surface area contributed by atoms with Gasteiger partial charge < -0.3 is 20.1 Å². The molecule has 1 saturated heterocycles. The monoisotopic (exact) mass is 248 g/mol. The first-order valence-corrected chi connectivity index (χ1v) is 5.88. The van der Waals surface area contributed by atoms with Crippen LogP contribution in [0, 0.1) is 0 Å². The predicted molar refractivity (Wildman–Crippen MR) is 60.3 cm³/mol. The number of methoxy groups -OCH3 is 1. The van der Waals surface area contributed by atoms with Crippen LogP contribution >= 0.6 is 11.8 Å². The highest BCUT2D eigenvalue weighted by Crippen LogP contribution is 2.14. The molecule has 0 aromatic carbocycles. The van der Waals surface area contributed by atoms with E-state index < -0.39 is 12.1 Å². The van der Waals surface area contributed by atoms with Crippen molar-refractivity contribution in [3.05, 3.63) is 0 Å². The molecule has 6 nitrogen and oxygen atoms in total. The molecule has 1 fully saturated rings. The predicted octanol–water partition coefficient (Wildman–Crippen LogP) is -0.723. The lowest BCUT2D eigenvalue weighted by Gasteiger charge is -2.23. The van der Waals surface area contributed by atoms with Gasteiger partial charge in [0.05, 0.1) is 12.7 Å². The van der Waals surface area contributed by atoms with Gasteiger partial charge in [-0.1, -0.05) is 11.8 Å². The normalized spacial score (nSPS) is 21.7. The molecule has 0 radical (unpaired) electrons. The zero-order valence-corrected chi connectivity index (χ0v) is 10.1. The van der Waals surface area contributed by atoms with Crippen molar-refractivity contribution in [2.75, 3.05) is 33.1 Å². The smallest absolute Gasteiger partial charge is 0.279 e. The van der Waals surface area contributed by atoms with E-state index in [0.717, 1.165) is 11.8 Å². The summed E-state index contributed by atoms with van der Waals surface area (Å²) >= 11 is 1.10. The lowest BCUT2D eigenvalue weighted by Crippen LogP contribution is -2.46. The highest BCUT2D eigenvalue weighted by Gasteiger charge is 2.30. The Bertz CT molecular complexity index is 274. The Labute approximate surface area is 98.3 Å². The first-order valence-electron chi connectivity index (χ1n) is 4.90. The average molecular weight is 248 g/mol. The number of nitrogens with one attached hydrogen (secondary N) is 1. The molecule has 7 heteroatoms. The molecule has 1 aliphatic heterocycles. The second-order valence-electron chi connectivity index (χ2n) is 3.62. The van der Waals surface area contributed by atoms with Crippen LogP contribution in [0.4, 0.5) is 4.79 Å². The molecule has 0 aromatic heterocycles. The lowest BCUT2D eigenvalue weighted by molar-refractivity contribution is -0.132. The summed E-state index contributed by atoms with van der Waals surface area (Å²) in [6.07, 6.45) is -0.705. The fourth-order valence-corrected chi connectivity index (χ4v) is 2.20. The second kappa shape index (κ2) is 6.07. The second-order valence-corrected chi connectivity index (χ2v) is 4.62. The molecule has 1 heterocycles. The Morgan fingerprint density at radius 2 is 2.50 bits per heavy atom. The Hall–Kier alpha value is -0.790. The molecule has 2 amide bonds. The number of likely N-dealkylation sites (N-methyl/N-ethyl adjacent to an activating group) is 1.